The molecule has 2 aromatic heterocycles. The molecule has 21 heavy (non-hydrogen) atoms. The molecule has 7 heteroatoms. The van der Waals surface area contributed by atoms with Crippen LogP contribution in [0.1, 0.15) is 18.1 Å². The average Bonchev–Trinajstić information content (AvgIpc) is 2.77. The topological polar surface area (TPSA) is 30.7 Å². The Morgan fingerprint density at radius 2 is 2.00 bits per heavy atom. The van der Waals surface area contributed by atoms with Crippen LogP contribution in [0.3, 0.4) is 0 Å². The first-order chi connectivity index (χ1) is 9.97. The summed E-state index contributed by atoms with van der Waals surface area (Å²) in [5.74, 6) is 0.685. The zero-order chi connectivity index (χ0) is 15.1. The second-order valence-corrected chi connectivity index (χ2v) is 7.26. The van der Waals surface area contributed by atoms with Crippen LogP contribution in [0.15, 0.2) is 30.5 Å². The third-order valence-corrected chi connectivity index (χ3v) is 4.37. The van der Waals surface area contributed by atoms with Crippen LogP contribution in [0.5, 0.6) is 0 Å². The molecule has 0 saturated carbocycles. The highest BCUT2D eigenvalue weighted by Crippen LogP contribution is 2.32. The van der Waals surface area contributed by atoms with Crippen molar-refractivity contribution < 1.29 is 0 Å². The van der Waals surface area contributed by atoms with E-state index < -0.39 is 0 Å². The lowest BCUT2D eigenvalue weighted by atomic mass is 10.3. The third-order valence-electron chi connectivity index (χ3n) is 3.00. The molecule has 3 aromatic rings. The fourth-order valence-electron chi connectivity index (χ4n) is 2.12. The zero-order valence-electron chi connectivity index (χ0n) is 10.8. The predicted octanol–water partition coefficient (Wildman–Crippen LogP) is 5.63. The van der Waals surface area contributed by atoms with Gasteiger partial charge >= 0.3 is 0 Å². The van der Waals surface area contributed by atoms with Gasteiger partial charge in [0.15, 0.2) is 5.65 Å². The third kappa shape index (κ3) is 2.86. The van der Waals surface area contributed by atoms with Crippen LogP contribution in [0.2, 0.25) is 10.0 Å². The molecule has 3 rings (SSSR count). The Labute approximate surface area is 150 Å². The Bertz CT molecular complexity index is 830. The smallest absolute Gasteiger partial charge is 0.164 e. The van der Waals surface area contributed by atoms with Crippen molar-refractivity contribution in [1.29, 1.82) is 0 Å². The Balaban J connectivity index is 2.36. The Hall–Kier alpha value is -0.560. The first kappa shape index (κ1) is 15.3. The van der Waals surface area contributed by atoms with Gasteiger partial charge in [0, 0.05) is 9.77 Å². The van der Waals surface area contributed by atoms with Gasteiger partial charge in [-0.2, -0.15) is 0 Å². The molecule has 0 spiro atoms. The van der Waals surface area contributed by atoms with Gasteiger partial charge in [-0.15, -0.1) is 11.6 Å². The first-order valence-electron chi connectivity index (χ1n) is 6.11. The number of aromatic nitrogens is 3. The van der Waals surface area contributed by atoms with E-state index in [0.717, 1.165) is 9.26 Å². The van der Waals surface area contributed by atoms with Crippen LogP contribution in [0.25, 0.3) is 16.9 Å². The summed E-state index contributed by atoms with van der Waals surface area (Å²) in [6.45, 7) is 1.86. The van der Waals surface area contributed by atoms with Crippen LogP contribution >= 0.6 is 57.4 Å². The molecule has 0 bridgehead atoms. The van der Waals surface area contributed by atoms with Crippen molar-refractivity contribution >= 4 is 68.6 Å². The molecule has 0 radical (unpaired) electrons. The van der Waals surface area contributed by atoms with Crippen LogP contribution < -0.4 is 0 Å². The van der Waals surface area contributed by atoms with E-state index in [4.69, 9.17) is 34.8 Å². The minimum absolute atomic E-state index is 0.284. The van der Waals surface area contributed by atoms with Crippen LogP contribution in [-0.2, 0) is 0 Å². The van der Waals surface area contributed by atoms with Crippen molar-refractivity contribution in [2.45, 2.75) is 12.3 Å². The first-order valence-corrected chi connectivity index (χ1v) is 8.38. The van der Waals surface area contributed by atoms with E-state index in [1.807, 2.05) is 29.7 Å². The molecular weight excluding hydrogens is 443 g/mol. The van der Waals surface area contributed by atoms with E-state index in [-0.39, 0.29) is 5.38 Å². The summed E-state index contributed by atoms with van der Waals surface area (Å²) in [6.07, 6.45) is 1.59. The summed E-state index contributed by atoms with van der Waals surface area (Å²) in [6, 6.07) is 7.57. The van der Waals surface area contributed by atoms with E-state index in [9.17, 15) is 0 Å². The summed E-state index contributed by atoms with van der Waals surface area (Å²) >= 11 is 20.8. The maximum absolute atomic E-state index is 6.38. The van der Waals surface area contributed by atoms with E-state index in [2.05, 4.69) is 32.6 Å². The number of fused-ring (bicyclic) bond motifs is 1. The van der Waals surface area contributed by atoms with Gasteiger partial charge in [0.2, 0.25) is 0 Å². The largest absolute Gasteiger partial charge is 0.278 e. The standard InChI is InChI=1S/C14H9Cl3IN3/c1-7(15)13-20-11-4-8(16)6-19-14(11)21(13)12-3-2-9(18)5-10(12)17/h2-7H,1H3. The number of hydrogen-bond acceptors (Lipinski definition) is 2. The van der Waals surface area contributed by atoms with Gasteiger partial charge in [-0.25, -0.2) is 9.97 Å². The minimum Gasteiger partial charge on any atom is -0.278 e. The fraction of sp³-hybridized carbons (Fsp3) is 0.143. The molecule has 2 heterocycles. The second kappa shape index (κ2) is 5.91. The number of rotatable bonds is 2. The summed E-state index contributed by atoms with van der Waals surface area (Å²) in [4.78, 5) is 8.91. The summed E-state index contributed by atoms with van der Waals surface area (Å²) in [7, 11) is 0. The molecule has 108 valence electrons. The highest BCUT2D eigenvalue weighted by Gasteiger charge is 2.19. The molecule has 1 atom stereocenters. The molecule has 0 aliphatic rings. The Morgan fingerprint density at radius 1 is 1.24 bits per heavy atom. The maximum atomic E-state index is 6.38. The molecule has 0 fully saturated rings. The SMILES string of the molecule is CC(Cl)c1nc2cc(Cl)cnc2n1-c1ccc(I)cc1Cl. The highest BCUT2D eigenvalue weighted by molar-refractivity contribution is 14.1. The molecule has 0 aliphatic carbocycles. The van der Waals surface area contributed by atoms with Gasteiger partial charge < -0.3 is 0 Å². The van der Waals surface area contributed by atoms with Gasteiger partial charge in [0.25, 0.3) is 0 Å². The maximum Gasteiger partial charge on any atom is 0.164 e. The zero-order valence-corrected chi connectivity index (χ0v) is 15.2. The number of pyridine rings is 1. The van der Waals surface area contributed by atoms with E-state index in [1.54, 1.807) is 12.3 Å². The summed E-state index contributed by atoms with van der Waals surface area (Å²) in [5.41, 5.74) is 2.18. The number of halogens is 4. The van der Waals surface area contributed by atoms with E-state index in [0.29, 0.717) is 27.0 Å². The lowest BCUT2D eigenvalue weighted by molar-refractivity contribution is 0.877. The van der Waals surface area contributed by atoms with Gasteiger partial charge in [-0.3, -0.25) is 4.57 Å². The molecule has 0 amide bonds. The predicted molar refractivity (Wildman–Crippen MR) is 95.9 cm³/mol. The molecule has 0 saturated heterocycles. The number of alkyl halides is 1. The Morgan fingerprint density at radius 3 is 2.67 bits per heavy atom. The van der Waals surface area contributed by atoms with Crippen molar-refractivity contribution in [2.75, 3.05) is 0 Å². The number of nitrogens with zero attached hydrogens (tertiary/aromatic N) is 3. The van der Waals surface area contributed by atoms with Crippen LogP contribution in [0.4, 0.5) is 0 Å². The molecule has 3 nitrogen and oxygen atoms in total. The lowest BCUT2D eigenvalue weighted by Crippen LogP contribution is -2.03. The second-order valence-electron chi connectivity index (χ2n) is 4.51. The van der Waals surface area contributed by atoms with Gasteiger partial charge in [-0.05, 0) is 53.8 Å². The van der Waals surface area contributed by atoms with Crippen molar-refractivity contribution in [3.05, 3.63) is 49.9 Å². The normalized spacial score (nSPS) is 12.8. The molecule has 1 unspecified atom stereocenters. The quantitative estimate of drug-likeness (QED) is 0.373. The minimum atomic E-state index is -0.284. The van der Waals surface area contributed by atoms with Gasteiger partial charge in [0.05, 0.1) is 21.1 Å². The van der Waals surface area contributed by atoms with Crippen molar-refractivity contribution in [3.8, 4) is 5.69 Å². The summed E-state index contributed by atoms with van der Waals surface area (Å²) in [5, 5.41) is 0.875. The average molecular weight is 453 g/mol. The number of benzene rings is 1. The van der Waals surface area contributed by atoms with E-state index >= 15 is 0 Å². The fourth-order valence-corrected chi connectivity index (χ4v) is 3.36. The molecule has 0 N–H and O–H groups in total. The van der Waals surface area contributed by atoms with Crippen LogP contribution in [-0.4, -0.2) is 14.5 Å². The summed E-state index contributed by atoms with van der Waals surface area (Å²) < 4.78 is 2.93. The number of imidazole rings is 1. The van der Waals surface area contributed by atoms with Crippen LogP contribution in [0, 0.1) is 3.57 Å². The van der Waals surface area contributed by atoms with E-state index in [1.165, 1.54) is 0 Å². The van der Waals surface area contributed by atoms with Crippen molar-refractivity contribution in [1.82, 2.24) is 14.5 Å². The molecular formula is C14H9Cl3IN3. The molecule has 1 aromatic carbocycles. The van der Waals surface area contributed by atoms with Crippen molar-refractivity contribution in [2.24, 2.45) is 0 Å². The van der Waals surface area contributed by atoms with Gasteiger partial charge in [-0.1, -0.05) is 23.2 Å². The van der Waals surface area contributed by atoms with Gasteiger partial charge in [0.1, 0.15) is 11.3 Å². The molecule has 0 aliphatic heterocycles. The monoisotopic (exact) mass is 451 g/mol. The lowest BCUT2D eigenvalue weighted by Gasteiger charge is -2.12. The highest BCUT2D eigenvalue weighted by atomic mass is 127. The number of hydrogen-bond donors (Lipinski definition) is 0. The van der Waals surface area contributed by atoms with Crippen molar-refractivity contribution in [3.63, 3.8) is 0 Å². The Kier molecular flexibility index (Phi) is 4.32.